The lowest BCUT2D eigenvalue weighted by Crippen LogP contribution is -2.45. The van der Waals surface area contributed by atoms with Crippen molar-refractivity contribution in [2.45, 2.75) is 33.4 Å². The van der Waals surface area contributed by atoms with Crippen molar-refractivity contribution in [3.05, 3.63) is 29.8 Å². The minimum Gasteiger partial charge on any atom is -0.380 e. The van der Waals surface area contributed by atoms with Crippen molar-refractivity contribution in [3.8, 4) is 0 Å². The van der Waals surface area contributed by atoms with Gasteiger partial charge >= 0.3 is 0 Å². The molecule has 0 fully saturated rings. The summed E-state index contributed by atoms with van der Waals surface area (Å²) in [6.45, 7) is 6.35. The summed E-state index contributed by atoms with van der Waals surface area (Å²) in [5, 5.41) is 2.83. The molecular formula is C14H23ClN2O2. The molecule has 19 heavy (non-hydrogen) atoms. The van der Waals surface area contributed by atoms with Crippen LogP contribution in [0.5, 0.6) is 0 Å². The molecule has 0 heterocycles. The van der Waals surface area contributed by atoms with Crippen LogP contribution in [0.3, 0.4) is 0 Å². The van der Waals surface area contributed by atoms with Crippen LogP contribution in [-0.2, 0) is 16.1 Å². The molecule has 4 nitrogen and oxygen atoms in total. The average molecular weight is 287 g/mol. The van der Waals surface area contributed by atoms with Gasteiger partial charge in [-0.2, -0.15) is 0 Å². The van der Waals surface area contributed by atoms with E-state index in [1.807, 2.05) is 45.0 Å². The molecule has 1 aromatic rings. The van der Waals surface area contributed by atoms with E-state index in [1.165, 1.54) is 0 Å². The number of carbonyl (C=O) groups excluding carboxylic acids is 1. The van der Waals surface area contributed by atoms with E-state index in [1.54, 1.807) is 7.11 Å². The highest BCUT2D eigenvalue weighted by atomic mass is 35.5. The summed E-state index contributed by atoms with van der Waals surface area (Å²) in [5.74, 6) is -0.169. The van der Waals surface area contributed by atoms with Gasteiger partial charge in [0.2, 0.25) is 5.91 Å². The van der Waals surface area contributed by atoms with Crippen LogP contribution in [0.2, 0.25) is 0 Å². The Balaban J connectivity index is 0.00000324. The fourth-order valence-electron chi connectivity index (χ4n) is 1.52. The maximum atomic E-state index is 12.0. The predicted octanol–water partition coefficient (Wildman–Crippen LogP) is 2.57. The van der Waals surface area contributed by atoms with Crippen molar-refractivity contribution in [3.63, 3.8) is 0 Å². The van der Waals surface area contributed by atoms with Gasteiger partial charge in [-0.1, -0.05) is 32.9 Å². The summed E-state index contributed by atoms with van der Waals surface area (Å²) >= 11 is 0. The highest BCUT2D eigenvalue weighted by molar-refractivity contribution is 5.95. The van der Waals surface area contributed by atoms with Crippen molar-refractivity contribution in [2.24, 2.45) is 11.1 Å². The summed E-state index contributed by atoms with van der Waals surface area (Å²) in [4.78, 5) is 12.0. The highest BCUT2D eigenvalue weighted by Gasteiger charge is 2.27. The predicted molar refractivity (Wildman–Crippen MR) is 80.5 cm³/mol. The second kappa shape index (κ2) is 7.48. The van der Waals surface area contributed by atoms with Crippen LogP contribution < -0.4 is 11.1 Å². The molecule has 0 saturated carbocycles. The lowest BCUT2D eigenvalue weighted by atomic mass is 9.87. The third kappa shape index (κ3) is 5.59. The summed E-state index contributed by atoms with van der Waals surface area (Å²) in [6.07, 6.45) is 0. The summed E-state index contributed by atoms with van der Waals surface area (Å²) in [5.41, 5.74) is 7.40. The van der Waals surface area contributed by atoms with Crippen LogP contribution in [0.25, 0.3) is 0 Å². The van der Waals surface area contributed by atoms with Crippen molar-refractivity contribution >= 4 is 24.0 Å². The molecule has 0 radical (unpaired) electrons. The van der Waals surface area contributed by atoms with E-state index < -0.39 is 6.04 Å². The Bertz CT molecular complexity index is 416. The average Bonchev–Trinajstić information content (AvgIpc) is 2.27. The molecule has 0 aliphatic heterocycles. The zero-order chi connectivity index (χ0) is 13.8. The first-order chi connectivity index (χ1) is 8.34. The van der Waals surface area contributed by atoms with Crippen LogP contribution >= 0.6 is 12.4 Å². The maximum Gasteiger partial charge on any atom is 0.241 e. The number of hydrogen-bond acceptors (Lipinski definition) is 3. The number of methoxy groups -OCH3 is 1. The van der Waals surface area contributed by atoms with E-state index in [0.717, 1.165) is 11.3 Å². The first-order valence-electron chi connectivity index (χ1n) is 5.99. The minimum absolute atomic E-state index is 0. The summed E-state index contributed by atoms with van der Waals surface area (Å²) in [7, 11) is 1.64. The molecule has 0 unspecified atom stereocenters. The second-order valence-electron chi connectivity index (χ2n) is 5.47. The summed E-state index contributed by atoms with van der Waals surface area (Å²) < 4.78 is 5.05. The Hall–Kier alpha value is -1.10. The Labute approximate surface area is 121 Å². The van der Waals surface area contributed by atoms with Gasteiger partial charge in [-0.25, -0.2) is 0 Å². The number of benzene rings is 1. The second-order valence-corrected chi connectivity index (χ2v) is 5.47. The van der Waals surface area contributed by atoms with E-state index in [-0.39, 0.29) is 23.7 Å². The van der Waals surface area contributed by atoms with Crippen LogP contribution in [0.15, 0.2) is 24.3 Å². The molecule has 0 aliphatic carbocycles. The van der Waals surface area contributed by atoms with Crippen LogP contribution in [0.4, 0.5) is 5.69 Å². The smallest absolute Gasteiger partial charge is 0.241 e. The fraction of sp³-hybridized carbons (Fsp3) is 0.500. The molecule has 5 heteroatoms. The molecule has 1 aromatic carbocycles. The van der Waals surface area contributed by atoms with Crippen molar-refractivity contribution < 1.29 is 9.53 Å². The monoisotopic (exact) mass is 286 g/mol. The van der Waals surface area contributed by atoms with Crippen LogP contribution in [0.1, 0.15) is 26.3 Å². The van der Waals surface area contributed by atoms with E-state index in [0.29, 0.717) is 6.61 Å². The number of nitrogens with two attached hydrogens (primary N) is 1. The Morgan fingerprint density at radius 1 is 1.42 bits per heavy atom. The van der Waals surface area contributed by atoms with Crippen LogP contribution in [0, 0.1) is 5.41 Å². The first-order valence-corrected chi connectivity index (χ1v) is 5.99. The Kier molecular flexibility index (Phi) is 7.05. The standard InChI is InChI=1S/C14H22N2O2.ClH/c1-14(2,3)12(15)13(17)16-11-7-5-6-10(8-11)9-18-4;/h5-8,12H,9,15H2,1-4H3,(H,16,17);1H/t12-;/m1./s1. The molecule has 1 rings (SSSR count). The highest BCUT2D eigenvalue weighted by Crippen LogP contribution is 2.19. The van der Waals surface area contributed by atoms with E-state index in [9.17, 15) is 4.79 Å². The topological polar surface area (TPSA) is 64.3 Å². The minimum atomic E-state index is -0.538. The van der Waals surface area contributed by atoms with Gasteiger partial charge in [0.1, 0.15) is 0 Å². The van der Waals surface area contributed by atoms with Gasteiger partial charge in [0, 0.05) is 12.8 Å². The van der Waals surface area contributed by atoms with Crippen molar-refractivity contribution in [2.75, 3.05) is 12.4 Å². The summed E-state index contributed by atoms with van der Waals surface area (Å²) in [6, 6.07) is 7.02. The molecular weight excluding hydrogens is 264 g/mol. The Morgan fingerprint density at radius 3 is 2.58 bits per heavy atom. The molecule has 0 bridgehead atoms. The van der Waals surface area contributed by atoms with E-state index in [2.05, 4.69) is 5.32 Å². The lowest BCUT2D eigenvalue weighted by Gasteiger charge is -2.25. The number of anilines is 1. The van der Waals surface area contributed by atoms with E-state index >= 15 is 0 Å². The molecule has 0 saturated heterocycles. The number of rotatable bonds is 4. The first kappa shape index (κ1) is 17.9. The largest absolute Gasteiger partial charge is 0.380 e. The van der Waals surface area contributed by atoms with Gasteiger partial charge < -0.3 is 15.8 Å². The number of ether oxygens (including phenoxy) is 1. The maximum absolute atomic E-state index is 12.0. The zero-order valence-electron chi connectivity index (χ0n) is 11.9. The van der Waals surface area contributed by atoms with Crippen molar-refractivity contribution in [1.29, 1.82) is 0 Å². The molecule has 0 spiro atoms. The quantitative estimate of drug-likeness (QED) is 0.894. The van der Waals surface area contributed by atoms with Gasteiger partial charge in [-0.05, 0) is 23.1 Å². The molecule has 0 aliphatic rings. The zero-order valence-corrected chi connectivity index (χ0v) is 12.7. The Morgan fingerprint density at radius 2 is 2.05 bits per heavy atom. The number of nitrogens with one attached hydrogen (secondary N) is 1. The lowest BCUT2D eigenvalue weighted by molar-refractivity contribution is -0.119. The van der Waals surface area contributed by atoms with Crippen molar-refractivity contribution in [1.82, 2.24) is 0 Å². The normalized spacial score (nSPS) is 12.5. The SMILES string of the molecule is COCc1cccc(NC(=O)[C@@H](N)C(C)(C)C)c1.Cl. The number of hydrogen-bond donors (Lipinski definition) is 2. The fourth-order valence-corrected chi connectivity index (χ4v) is 1.52. The molecule has 3 N–H and O–H groups in total. The van der Waals surface area contributed by atoms with Crippen LogP contribution in [-0.4, -0.2) is 19.1 Å². The third-order valence-electron chi connectivity index (χ3n) is 2.72. The van der Waals surface area contributed by atoms with Gasteiger partial charge in [0.25, 0.3) is 0 Å². The van der Waals surface area contributed by atoms with E-state index in [4.69, 9.17) is 10.5 Å². The molecule has 1 amide bonds. The molecule has 1 atom stereocenters. The number of carbonyl (C=O) groups is 1. The third-order valence-corrected chi connectivity index (χ3v) is 2.72. The van der Waals surface area contributed by atoms with Gasteiger partial charge in [-0.15, -0.1) is 12.4 Å². The molecule has 108 valence electrons. The van der Waals surface area contributed by atoms with Gasteiger partial charge in [0.05, 0.1) is 12.6 Å². The van der Waals surface area contributed by atoms with Gasteiger partial charge in [0.15, 0.2) is 0 Å². The van der Waals surface area contributed by atoms with Gasteiger partial charge in [-0.3, -0.25) is 4.79 Å². The number of halogens is 1. The number of amides is 1. The molecule has 0 aromatic heterocycles.